The molecule has 5 nitrogen and oxygen atoms in total. The van der Waals surface area contributed by atoms with Gasteiger partial charge in [-0.2, -0.15) is 4.98 Å². The van der Waals surface area contributed by atoms with Gasteiger partial charge in [-0.3, -0.25) is 0 Å². The van der Waals surface area contributed by atoms with E-state index in [1.807, 2.05) is 20.8 Å². The molecular formula is C11H16N4O. The predicted molar refractivity (Wildman–Crippen MR) is 62.7 cm³/mol. The second-order valence-corrected chi connectivity index (χ2v) is 2.82. The van der Waals surface area contributed by atoms with Gasteiger partial charge in [0.15, 0.2) is 5.82 Å². The van der Waals surface area contributed by atoms with E-state index in [1.54, 1.807) is 18.2 Å². The van der Waals surface area contributed by atoms with E-state index in [2.05, 4.69) is 15.1 Å². The van der Waals surface area contributed by atoms with Crippen LogP contribution in [0.1, 0.15) is 26.6 Å². The monoisotopic (exact) mass is 220 g/mol. The van der Waals surface area contributed by atoms with Crippen LogP contribution in [-0.4, -0.2) is 15.1 Å². The molecule has 2 heterocycles. The lowest BCUT2D eigenvalue weighted by molar-refractivity contribution is 0.422. The molecule has 0 aromatic carbocycles. The number of nitrogen functional groups attached to an aromatic ring is 1. The maximum absolute atomic E-state index is 5.53. The van der Waals surface area contributed by atoms with Gasteiger partial charge in [-0.1, -0.05) is 32.0 Å². The summed E-state index contributed by atoms with van der Waals surface area (Å²) in [7, 11) is 0. The summed E-state index contributed by atoms with van der Waals surface area (Å²) in [6.45, 7) is 5.96. The van der Waals surface area contributed by atoms with Crippen molar-refractivity contribution in [2.24, 2.45) is 0 Å². The molecule has 16 heavy (non-hydrogen) atoms. The van der Waals surface area contributed by atoms with E-state index >= 15 is 0 Å². The van der Waals surface area contributed by atoms with Gasteiger partial charge in [0, 0.05) is 6.42 Å². The zero-order valence-electron chi connectivity index (χ0n) is 9.77. The lowest BCUT2D eigenvalue weighted by Gasteiger charge is -1.93. The zero-order valence-corrected chi connectivity index (χ0v) is 9.77. The standard InChI is InChI=1S/C9H10N4O.C2H6/c1-2-8-12-9(14-13-8)6-4-3-5-7(10)11-6;1-2/h3-5H,2H2,1H3,(H2,10,11);1-2H3. The third kappa shape index (κ3) is 2.79. The van der Waals surface area contributed by atoms with Gasteiger partial charge in [-0.05, 0) is 12.1 Å². The van der Waals surface area contributed by atoms with Crippen LogP contribution in [0.4, 0.5) is 5.82 Å². The first-order chi connectivity index (χ1) is 7.79. The largest absolute Gasteiger partial charge is 0.384 e. The van der Waals surface area contributed by atoms with Crippen LogP contribution >= 0.6 is 0 Å². The average molecular weight is 220 g/mol. The van der Waals surface area contributed by atoms with Crippen molar-refractivity contribution in [2.45, 2.75) is 27.2 Å². The lowest BCUT2D eigenvalue weighted by Crippen LogP contribution is -1.91. The quantitative estimate of drug-likeness (QED) is 0.840. The molecule has 0 spiro atoms. The van der Waals surface area contributed by atoms with Crippen LogP contribution in [0.2, 0.25) is 0 Å². The normalized spacial score (nSPS) is 9.44. The molecular weight excluding hydrogens is 204 g/mol. The fourth-order valence-corrected chi connectivity index (χ4v) is 1.07. The van der Waals surface area contributed by atoms with Gasteiger partial charge in [0.25, 0.3) is 5.89 Å². The number of pyridine rings is 1. The molecule has 0 saturated carbocycles. The van der Waals surface area contributed by atoms with Crippen molar-refractivity contribution >= 4 is 5.82 Å². The van der Waals surface area contributed by atoms with Crippen LogP contribution in [0.15, 0.2) is 22.7 Å². The number of hydrogen-bond donors (Lipinski definition) is 1. The Labute approximate surface area is 94.7 Å². The lowest BCUT2D eigenvalue weighted by atomic mass is 10.3. The molecule has 0 amide bonds. The Kier molecular flexibility index (Phi) is 4.44. The summed E-state index contributed by atoms with van der Waals surface area (Å²) in [5.74, 6) is 1.53. The van der Waals surface area contributed by atoms with Gasteiger partial charge < -0.3 is 10.3 Å². The van der Waals surface area contributed by atoms with E-state index in [4.69, 9.17) is 10.3 Å². The minimum Gasteiger partial charge on any atom is -0.384 e. The summed E-state index contributed by atoms with van der Waals surface area (Å²) < 4.78 is 5.02. The number of aryl methyl sites for hydroxylation is 1. The van der Waals surface area contributed by atoms with Crippen molar-refractivity contribution in [1.82, 2.24) is 15.1 Å². The number of nitrogens with zero attached hydrogens (tertiary/aromatic N) is 3. The second kappa shape index (κ2) is 5.85. The van der Waals surface area contributed by atoms with Crippen LogP contribution in [0.25, 0.3) is 11.6 Å². The van der Waals surface area contributed by atoms with Crippen molar-refractivity contribution in [3.63, 3.8) is 0 Å². The van der Waals surface area contributed by atoms with E-state index in [0.29, 0.717) is 23.2 Å². The highest BCUT2D eigenvalue weighted by Crippen LogP contribution is 2.15. The SMILES string of the molecule is CC.CCc1noc(-c2cccc(N)n2)n1. The summed E-state index contributed by atoms with van der Waals surface area (Å²) in [5, 5.41) is 3.77. The zero-order chi connectivity index (χ0) is 12.0. The van der Waals surface area contributed by atoms with Crippen LogP contribution in [-0.2, 0) is 6.42 Å². The minimum atomic E-state index is 0.411. The second-order valence-electron chi connectivity index (χ2n) is 2.82. The summed E-state index contributed by atoms with van der Waals surface area (Å²) in [6.07, 6.45) is 0.742. The number of nitrogens with two attached hydrogens (primary N) is 1. The maximum atomic E-state index is 5.53. The van der Waals surface area contributed by atoms with E-state index in [9.17, 15) is 0 Å². The van der Waals surface area contributed by atoms with Crippen molar-refractivity contribution in [1.29, 1.82) is 0 Å². The first-order valence-electron chi connectivity index (χ1n) is 5.35. The van der Waals surface area contributed by atoms with Crippen molar-refractivity contribution in [3.05, 3.63) is 24.0 Å². The highest BCUT2D eigenvalue weighted by Gasteiger charge is 2.08. The molecule has 2 rings (SSSR count). The fourth-order valence-electron chi connectivity index (χ4n) is 1.07. The summed E-state index contributed by atoms with van der Waals surface area (Å²) in [5.41, 5.74) is 6.14. The van der Waals surface area contributed by atoms with Crippen molar-refractivity contribution < 1.29 is 4.52 Å². The Morgan fingerprint density at radius 2 is 2.00 bits per heavy atom. The molecule has 86 valence electrons. The average Bonchev–Trinajstić information content (AvgIpc) is 2.80. The molecule has 2 aromatic heterocycles. The van der Waals surface area contributed by atoms with Gasteiger partial charge >= 0.3 is 0 Å². The maximum Gasteiger partial charge on any atom is 0.276 e. The summed E-state index contributed by atoms with van der Waals surface area (Å²) in [4.78, 5) is 8.22. The van der Waals surface area contributed by atoms with E-state index in [-0.39, 0.29) is 0 Å². The van der Waals surface area contributed by atoms with Crippen molar-refractivity contribution in [3.8, 4) is 11.6 Å². The Balaban J connectivity index is 0.000000606. The molecule has 2 aromatic rings. The van der Waals surface area contributed by atoms with Gasteiger partial charge in [0.05, 0.1) is 0 Å². The molecule has 0 saturated heterocycles. The van der Waals surface area contributed by atoms with Gasteiger partial charge in [-0.15, -0.1) is 0 Å². The molecule has 0 atom stereocenters. The van der Waals surface area contributed by atoms with Crippen LogP contribution < -0.4 is 5.73 Å². The van der Waals surface area contributed by atoms with Gasteiger partial charge in [0.2, 0.25) is 0 Å². The van der Waals surface area contributed by atoms with Gasteiger partial charge in [-0.25, -0.2) is 4.98 Å². The number of aromatic nitrogens is 3. The predicted octanol–water partition coefficient (Wildman–Crippen LogP) is 2.30. The molecule has 2 N–H and O–H groups in total. The van der Waals surface area contributed by atoms with E-state index < -0.39 is 0 Å². The molecule has 0 fully saturated rings. The molecule has 5 heteroatoms. The third-order valence-corrected chi connectivity index (χ3v) is 1.77. The Hall–Kier alpha value is -1.91. The first-order valence-corrected chi connectivity index (χ1v) is 5.35. The molecule has 0 bridgehead atoms. The fraction of sp³-hybridized carbons (Fsp3) is 0.364. The van der Waals surface area contributed by atoms with Crippen molar-refractivity contribution in [2.75, 3.05) is 5.73 Å². The van der Waals surface area contributed by atoms with E-state index in [0.717, 1.165) is 6.42 Å². The highest BCUT2D eigenvalue weighted by molar-refractivity contribution is 5.49. The highest BCUT2D eigenvalue weighted by atomic mass is 16.5. The van der Waals surface area contributed by atoms with Crippen LogP contribution in [0, 0.1) is 0 Å². The number of hydrogen-bond acceptors (Lipinski definition) is 5. The summed E-state index contributed by atoms with van der Waals surface area (Å²) in [6, 6.07) is 5.29. The molecule has 0 radical (unpaired) electrons. The third-order valence-electron chi connectivity index (χ3n) is 1.77. The topological polar surface area (TPSA) is 77.8 Å². The molecule has 0 aliphatic carbocycles. The van der Waals surface area contributed by atoms with E-state index in [1.165, 1.54) is 0 Å². The molecule has 0 aliphatic rings. The molecule has 0 unspecified atom stereocenters. The van der Waals surface area contributed by atoms with Gasteiger partial charge in [0.1, 0.15) is 11.5 Å². The Morgan fingerprint density at radius 3 is 2.56 bits per heavy atom. The Bertz CT molecular complexity index is 439. The minimum absolute atomic E-state index is 0.411. The first kappa shape index (κ1) is 12.2. The molecule has 0 aliphatic heterocycles. The smallest absolute Gasteiger partial charge is 0.276 e. The van der Waals surface area contributed by atoms with Crippen LogP contribution in [0.3, 0.4) is 0 Å². The summed E-state index contributed by atoms with van der Waals surface area (Å²) >= 11 is 0. The van der Waals surface area contributed by atoms with Crippen LogP contribution in [0.5, 0.6) is 0 Å². The number of rotatable bonds is 2. The Morgan fingerprint density at radius 1 is 1.25 bits per heavy atom. The number of anilines is 1.